The van der Waals surface area contributed by atoms with E-state index in [4.69, 9.17) is 10.5 Å². The van der Waals surface area contributed by atoms with Gasteiger partial charge in [0.25, 0.3) is 0 Å². The molecule has 0 spiro atoms. The van der Waals surface area contributed by atoms with Gasteiger partial charge in [-0.3, -0.25) is 9.59 Å². The predicted molar refractivity (Wildman–Crippen MR) is 112 cm³/mol. The molecule has 2 aromatic rings. The molecule has 1 unspecified atom stereocenters. The second-order valence-corrected chi connectivity index (χ2v) is 7.90. The van der Waals surface area contributed by atoms with Crippen LogP contribution in [0.2, 0.25) is 0 Å². The van der Waals surface area contributed by atoms with Crippen LogP contribution in [-0.2, 0) is 14.3 Å². The Morgan fingerprint density at radius 2 is 1.67 bits per heavy atom. The van der Waals surface area contributed by atoms with E-state index in [9.17, 15) is 14.4 Å². The second-order valence-electron chi connectivity index (χ2n) is 7.90. The van der Waals surface area contributed by atoms with Crippen molar-refractivity contribution in [3.05, 3.63) is 59.7 Å². The van der Waals surface area contributed by atoms with Gasteiger partial charge in [0.1, 0.15) is 6.61 Å². The molecule has 1 saturated heterocycles. The van der Waals surface area contributed by atoms with E-state index < -0.39 is 12.0 Å². The monoisotopic (exact) mass is 407 g/mol. The summed E-state index contributed by atoms with van der Waals surface area (Å²) in [6, 6.07) is 16.4. The largest absolute Gasteiger partial charge is 0.448 e. The Hall–Kier alpha value is -3.35. The third-order valence-electron chi connectivity index (χ3n) is 5.90. The molecule has 1 heterocycles. The van der Waals surface area contributed by atoms with E-state index in [1.165, 1.54) is 16.0 Å². The summed E-state index contributed by atoms with van der Waals surface area (Å²) in [7, 11) is 1.54. The van der Waals surface area contributed by atoms with Crippen LogP contribution in [0.15, 0.2) is 48.5 Å². The molecular formula is C23H25N3O4. The zero-order valence-corrected chi connectivity index (χ0v) is 16.9. The van der Waals surface area contributed by atoms with Gasteiger partial charge in [0, 0.05) is 26.1 Å². The molecule has 4 rings (SSSR count). The Kier molecular flexibility index (Phi) is 5.44. The van der Waals surface area contributed by atoms with E-state index in [1.807, 2.05) is 24.3 Å². The summed E-state index contributed by atoms with van der Waals surface area (Å²) in [6.07, 6.45) is 0.135. The number of rotatable bonds is 5. The molecule has 0 bridgehead atoms. The van der Waals surface area contributed by atoms with Crippen LogP contribution in [0.1, 0.15) is 23.5 Å². The van der Waals surface area contributed by atoms with E-state index >= 15 is 0 Å². The zero-order chi connectivity index (χ0) is 21.3. The summed E-state index contributed by atoms with van der Waals surface area (Å²) in [5.74, 6) is -1.07. The minimum Gasteiger partial charge on any atom is -0.448 e. The molecule has 1 fully saturated rings. The van der Waals surface area contributed by atoms with Crippen LogP contribution < -0.4 is 5.73 Å². The third-order valence-corrected chi connectivity index (χ3v) is 5.90. The summed E-state index contributed by atoms with van der Waals surface area (Å²) >= 11 is 0. The average Bonchev–Trinajstić information content (AvgIpc) is 3.35. The Morgan fingerprint density at radius 3 is 2.27 bits per heavy atom. The van der Waals surface area contributed by atoms with Gasteiger partial charge >= 0.3 is 6.09 Å². The Bertz CT molecular complexity index is 944. The van der Waals surface area contributed by atoms with Crippen molar-refractivity contribution in [2.24, 2.45) is 11.7 Å². The summed E-state index contributed by atoms with van der Waals surface area (Å²) in [5, 5.41) is 0. The molecule has 3 amide bonds. The number of benzene rings is 2. The number of carbonyl (C=O) groups excluding carboxylic acids is 3. The van der Waals surface area contributed by atoms with Gasteiger partial charge < -0.3 is 20.3 Å². The summed E-state index contributed by atoms with van der Waals surface area (Å²) in [5.41, 5.74) is 9.84. The molecule has 156 valence electrons. The lowest BCUT2D eigenvalue weighted by Gasteiger charge is -2.21. The van der Waals surface area contributed by atoms with Gasteiger partial charge in [-0.25, -0.2) is 4.79 Å². The fraction of sp³-hybridized carbons (Fsp3) is 0.348. The van der Waals surface area contributed by atoms with E-state index in [0.29, 0.717) is 19.5 Å². The summed E-state index contributed by atoms with van der Waals surface area (Å²) < 4.78 is 5.66. The number of amides is 3. The van der Waals surface area contributed by atoms with Crippen LogP contribution in [-0.4, -0.2) is 61.0 Å². The van der Waals surface area contributed by atoms with Crippen molar-refractivity contribution in [2.75, 3.05) is 33.3 Å². The fourth-order valence-corrected chi connectivity index (χ4v) is 4.44. The maximum atomic E-state index is 12.6. The fourth-order valence-electron chi connectivity index (χ4n) is 4.44. The molecule has 7 nitrogen and oxygen atoms in total. The summed E-state index contributed by atoms with van der Waals surface area (Å²) in [6.45, 7) is 0.875. The molecule has 2 aliphatic rings. The van der Waals surface area contributed by atoms with Gasteiger partial charge in [-0.05, 0) is 28.7 Å². The van der Waals surface area contributed by atoms with E-state index in [1.54, 1.807) is 11.9 Å². The number of likely N-dealkylation sites (N-methyl/N-ethyl adjacent to an activating group) is 1. The molecule has 1 aliphatic carbocycles. The first-order valence-corrected chi connectivity index (χ1v) is 10.1. The van der Waals surface area contributed by atoms with Crippen molar-refractivity contribution < 1.29 is 19.1 Å². The van der Waals surface area contributed by atoms with Gasteiger partial charge in [0.2, 0.25) is 11.8 Å². The maximum absolute atomic E-state index is 12.6. The minimum atomic E-state index is -0.558. The van der Waals surface area contributed by atoms with Crippen LogP contribution in [0.3, 0.4) is 0 Å². The highest BCUT2D eigenvalue weighted by molar-refractivity contribution is 5.85. The highest BCUT2D eigenvalue weighted by atomic mass is 16.6. The topological polar surface area (TPSA) is 92.9 Å². The molecule has 2 N–H and O–H groups in total. The van der Waals surface area contributed by atoms with Crippen molar-refractivity contribution in [1.82, 2.24) is 9.80 Å². The highest BCUT2D eigenvalue weighted by Crippen LogP contribution is 2.44. The summed E-state index contributed by atoms with van der Waals surface area (Å²) in [4.78, 5) is 39.0. The molecule has 0 aromatic heterocycles. The smallest absolute Gasteiger partial charge is 0.409 e. The number of hydrogen-bond donors (Lipinski definition) is 1. The lowest BCUT2D eigenvalue weighted by atomic mass is 9.98. The van der Waals surface area contributed by atoms with Crippen LogP contribution in [0.25, 0.3) is 11.1 Å². The van der Waals surface area contributed by atoms with Crippen molar-refractivity contribution in [3.8, 4) is 11.1 Å². The van der Waals surface area contributed by atoms with Crippen molar-refractivity contribution in [2.45, 2.75) is 12.3 Å². The number of hydrogen-bond acceptors (Lipinski definition) is 4. The normalized spacial score (nSPS) is 17.4. The molecule has 30 heavy (non-hydrogen) atoms. The Balaban J connectivity index is 1.38. The standard InChI is InChI=1S/C23H25N3O4/c1-25(13-21(24)27)22(28)15-10-11-26(12-15)23(29)30-14-20-18-8-4-2-6-16(18)17-7-3-5-9-19(17)20/h2-9,15,20H,10-14H2,1H3,(H2,24,27). The lowest BCUT2D eigenvalue weighted by molar-refractivity contribution is -0.136. The zero-order valence-electron chi connectivity index (χ0n) is 16.9. The first-order chi connectivity index (χ1) is 14.5. The van der Waals surface area contributed by atoms with Gasteiger partial charge in [0.05, 0.1) is 12.5 Å². The lowest BCUT2D eigenvalue weighted by Crippen LogP contribution is -2.40. The number of fused-ring (bicyclic) bond motifs is 3. The van der Waals surface area contributed by atoms with Gasteiger partial charge in [-0.2, -0.15) is 0 Å². The third kappa shape index (κ3) is 3.75. The van der Waals surface area contributed by atoms with Gasteiger partial charge in [-0.1, -0.05) is 48.5 Å². The number of carbonyl (C=O) groups is 3. The van der Waals surface area contributed by atoms with Gasteiger partial charge in [-0.15, -0.1) is 0 Å². The second kappa shape index (κ2) is 8.18. The Labute approximate surface area is 175 Å². The molecule has 2 aromatic carbocycles. The highest BCUT2D eigenvalue weighted by Gasteiger charge is 2.35. The van der Waals surface area contributed by atoms with Crippen molar-refractivity contribution >= 4 is 17.9 Å². The average molecular weight is 407 g/mol. The van der Waals surface area contributed by atoms with Crippen molar-refractivity contribution in [1.29, 1.82) is 0 Å². The molecule has 7 heteroatoms. The van der Waals surface area contributed by atoms with Crippen LogP contribution in [0, 0.1) is 5.92 Å². The number of nitrogens with two attached hydrogens (primary N) is 1. The molecular weight excluding hydrogens is 382 g/mol. The molecule has 1 atom stereocenters. The first-order valence-electron chi connectivity index (χ1n) is 10.1. The molecule has 1 aliphatic heterocycles. The maximum Gasteiger partial charge on any atom is 0.409 e. The van der Waals surface area contributed by atoms with E-state index in [-0.39, 0.29) is 30.9 Å². The Morgan fingerprint density at radius 1 is 1.07 bits per heavy atom. The van der Waals surface area contributed by atoms with Crippen LogP contribution in [0.4, 0.5) is 4.79 Å². The minimum absolute atomic E-state index is 0.00285. The van der Waals surface area contributed by atoms with E-state index in [2.05, 4.69) is 24.3 Å². The number of nitrogens with zero attached hydrogens (tertiary/aromatic N) is 2. The van der Waals surface area contributed by atoms with Crippen LogP contribution >= 0.6 is 0 Å². The number of primary amides is 1. The SMILES string of the molecule is CN(CC(N)=O)C(=O)C1CCN(C(=O)OCC2c3ccccc3-c3ccccc32)C1. The molecule has 0 radical (unpaired) electrons. The predicted octanol–water partition coefficient (Wildman–Crippen LogP) is 2.20. The first kappa shape index (κ1) is 19.9. The van der Waals surface area contributed by atoms with Crippen LogP contribution in [0.5, 0.6) is 0 Å². The number of ether oxygens (including phenoxy) is 1. The van der Waals surface area contributed by atoms with Crippen molar-refractivity contribution in [3.63, 3.8) is 0 Å². The number of likely N-dealkylation sites (tertiary alicyclic amines) is 1. The quantitative estimate of drug-likeness (QED) is 0.822. The van der Waals surface area contributed by atoms with E-state index in [0.717, 1.165) is 11.1 Å². The molecule has 0 saturated carbocycles. The van der Waals surface area contributed by atoms with Gasteiger partial charge in [0.15, 0.2) is 0 Å².